The van der Waals surface area contributed by atoms with E-state index in [1.807, 2.05) is 31.2 Å². The first kappa shape index (κ1) is 15.8. The second-order valence-corrected chi connectivity index (χ2v) is 5.34. The number of fused-ring (bicyclic) bond motifs is 1. The maximum atomic E-state index is 11.9. The average Bonchev–Trinajstić information content (AvgIpc) is 2.56. The molecule has 0 radical (unpaired) electrons. The van der Waals surface area contributed by atoms with E-state index in [-0.39, 0.29) is 13.0 Å². The Labute approximate surface area is 138 Å². The molecule has 0 fully saturated rings. The number of ether oxygens (including phenoxy) is 2. The first-order valence-corrected chi connectivity index (χ1v) is 7.54. The van der Waals surface area contributed by atoms with Crippen molar-refractivity contribution in [1.29, 1.82) is 0 Å². The summed E-state index contributed by atoms with van der Waals surface area (Å²) in [5.41, 5.74) is 1.07. The summed E-state index contributed by atoms with van der Waals surface area (Å²) in [5.74, 6) is 0.623. The van der Waals surface area contributed by atoms with E-state index in [1.165, 1.54) is 12.1 Å². The van der Waals surface area contributed by atoms with Crippen LogP contribution in [-0.2, 0) is 4.79 Å². The number of carbonyl (C=O) groups excluding carboxylic acids is 1. The Morgan fingerprint density at radius 3 is 2.50 bits per heavy atom. The van der Waals surface area contributed by atoms with E-state index in [2.05, 4.69) is 0 Å². The SMILES string of the molecule is Cc1ccc(OCCC(=O)Oc2ccc3ccc(=O)oc3c2)cc1. The molecule has 5 heteroatoms. The maximum absolute atomic E-state index is 11.9. The molecule has 1 heterocycles. The third-order valence-corrected chi connectivity index (χ3v) is 3.42. The minimum Gasteiger partial charge on any atom is -0.493 e. The van der Waals surface area contributed by atoms with Crippen LogP contribution in [0.2, 0.25) is 0 Å². The summed E-state index contributed by atoms with van der Waals surface area (Å²) in [4.78, 5) is 23.1. The van der Waals surface area contributed by atoms with Crippen LogP contribution in [-0.4, -0.2) is 12.6 Å². The molecule has 24 heavy (non-hydrogen) atoms. The van der Waals surface area contributed by atoms with Crippen molar-refractivity contribution in [2.24, 2.45) is 0 Å². The zero-order valence-electron chi connectivity index (χ0n) is 13.2. The molecular formula is C19H16O5. The normalized spacial score (nSPS) is 10.5. The Hall–Kier alpha value is -3.08. The number of aryl methyl sites for hydroxylation is 1. The zero-order valence-corrected chi connectivity index (χ0v) is 13.2. The molecule has 1 aromatic heterocycles. The van der Waals surface area contributed by atoms with Gasteiger partial charge in [-0.05, 0) is 37.3 Å². The highest BCUT2D eigenvalue weighted by atomic mass is 16.5. The van der Waals surface area contributed by atoms with Crippen molar-refractivity contribution in [2.45, 2.75) is 13.3 Å². The molecule has 3 rings (SSSR count). The fourth-order valence-corrected chi connectivity index (χ4v) is 2.17. The number of rotatable bonds is 5. The summed E-state index contributed by atoms with van der Waals surface area (Å²) in [6, 6.07) is 15.5. The lowest BCUT2D eigenvalue weighted by Gasteiger charge is -2.07. The van der Waals surface area contributed by atoms with Gasteiger partial charge in [-0.15, -0.1) is 0 Å². The molecule has 0 aliphatic carbocycles. The second kappa shape index (κ2) is 7.00. The predicted octanol–water partition coefficient (Wildman–Crippen LogP) is 3.48. The molecule has 5 nitrogen and oxygen atoms in total. The highest BCUT2D eigenvalue weighted by Crippen LogP contribution is 2.20. The van der Waals surface area contributed by atoms with Crippen molar-refractivity contribution < 1.29 is 18.7 Å². The van der Waals surface area contributed by atoms with Crippen LogP contribution in [0, 0.1) is 6.92 Å². The molecule has 0 aliphatic heterocycles. The minimum absolute atomic E-state index is 0.116. The third kappa shape index (κ3) is 4.01. The molecule has 0 aliphatic rings. The van der Waals surface area contributed by atoms with E-state index in [4.69, 9.17) is 13.9 Å². The van der Waals surface area contributed by atoms with Gasteiger partial charge in [0.2, 0.25) is 0 Å². The summed E-state index contributed by atoms with van der Waals surface area (Å²) in [7, 11) is 0. The highest BCUT2D eigenvalue weighted by Gasteiger charge is 2.07. The van der Waals surface area contributed by atoms with Crippen molar-refractivity contribution in [3.8, 4) is 11.5 Å². The van der Waals surface area contributed by atoms with E-state index in [1.54, 1.807) is 18.2 Å². The van der Waals surface area contributed by atoms with Crippen LogP contribution in [0.4, 0.5) is 0 Å². The third-order valence-electron chi connectivity index (χ3n) is 3.42. The summed E-state index contributed by atoms with van der Waals surface area (Å²) in [5, 5.41) is 0.761. The van der Waals surface area contributed by atoms with Crippen molar-refractivity contribution in [3.63, 3.8) is 0 Å². The number of esters is 1. The predicted molar refractivity (Wildman–Crippen MR) is 89.4 cm³/mol. The molecule has 0 N–H and O–H groups in total. The van der Waals surface area contributed by atoms with Crippen LogP contribution in [0.1, 0.15) is 12.0 Å². The first-order valence-electron chi connectivity index (χ1n) is 7.54. The molecule has 0 spiro atoms. The lowest BCUT2D eigenvalue weighted by atomic mass is 10.2. The van der Waals surface area contributed by atoms with Gasteiger partial charge in [0.05, 0.1) is 13.0 Å². The van der Waals surface area contributed by atoms with Gasteiger partial charge in [-0.3, -0.25) is 4.79 Å². The highest BCUT2D eigenvalue weighted by molar-refractivity contribution is 5.79. The fourth-order valence-electron chi connectivity index (χ4n) is 2.17. The monoisotopic (exact) mass is 324 g/mol. The lowest BCUT2D eigenvalue weighted by molar-refractivity contribution is -0.134. The zero-order chi connectivity index (χ0) is 16.9. The van der Waals surface area contributed by atoms with Crippen molar-refractivity contribution in [1.82, 2.24) is 0 Å². The number of benzene rings is 2. The maximum Gasteiger partial charge on any atom is 0.336 e. The van der Waals surface area contributed by atoms with Crippen molar-refractivity contribution in [2.75, 3.05) is 6.61 Å². The van der Waals surface area contributed by atoms with Gasteiger partial charge in [0.15, 0.2) is 0 Å². The molecule has 2 aromatic carbocycles. The molecule has 0 atom stereocenters. The Balaban J connectivity index is 1.56. The largest absolute Gasteiger partial charge is 0.493 e. The molecular weight excluding hydrogens is 308 g/mol. The van der Waals surface area contributed by atoms with E-state index >= 15 is 0 Å². The molecule has 0 bridgehead atoms. The summed E-state index contributed by atoms with van der Waals surface area (Å²) >= 11 is 0. The van der Waals surface area contributed by atoms with E-state index < -0.39 is 11.6 Å². The van der Waals surface area contributed by atoms with Crippen LogP contribution in [0.5, 0.6) is 11.5 Å². The number of carbonyl (C=O) groups is 1. The Kier molecular flexibility index (Phi) is 4.61. The summed E-state index contributed by atoms with van der Waals surface area (Å²) in [6.07, 6.45) is 0.116. The van der Waals surface area contributed by atoms with Crippen LogP contribution in [0.3, 0.4) is 0 Å². The van der Waals surface area contributed by atoms with E-state index in [0.717, 1.165) is 10.9 Å². The Morgan fingerprint density at radius 2 is 1.71 bits per heavy atom. The van der Waals surface area contributed by atoms with Gasteiger partial charge in [-0.25, -0.2) is 4.79 Å². The Morgan fingerprint density at radius 1 is 1.00 bits per heavy atom. The summed E-state index contributed by atoms with van der Waals surface area (Å²) < 4.78 is 15.8. The van der Waals surface area contributed by atoms with Gasteiger partial charge in [-0.1, -0.05) is 17.7 Å². The van der Waals surface area contributed by atoms with Crippen molar-refractivity contribution in [3.05, 3.63) is 70.6 Å². The smallest absolute Gasteiger partial charge is 0.336 e. The Bertz CT molecular complexity index is 909. The topological polar surface area (TPSA) is 65.7 Å². The minimum atomic E-state index is -0.447. The van der Waals surface area contributed by atoms with E-state index in [9.17, 15) is 9.59 Å². The van der Waals surface area contributed by atoms with Gasteiger partial charge in [0.1, 0.15) is 17.1 Å². The van der Waals surface area contributed by atoms with Gasteiger partial charge in [0, 0.05) is 17.5 Å². The standard InChI is InChI=1S/C19H16O5/c1-13-2-6-15(7-3-13)22-11-10-19(21)23-16-8-4-14-5-9-18(20)24-17(14)12-16/h2-9,12H,10-11H2,1H3. The first-order chi connectivity index (χ1) is 11.6. The van der Waals surface area contributed by atoms with Gasteiger partial charge < -0.3 is 13.9 Å². The number of hydrogen-bond donors (Lipinski definition) is 0. The van der Waals surface area contributed by atoms with E-state index in [0.29, 0.717) is 17.1 Å². The van der Waals surface area contributed by atoms with Gasteiger partial charge in [0.25, 0.3) is 0 Å². The molecule has 0 saturated carbocycles. The molecule has 3 aromatic rings. The van der Waals surface area contributed by atoms with Crippen LogP contribution in [0.15, 0.2) is 63.8 Å². The van der Waals surface area contributed by atoms with Gasteiger partial charge in [-0.2, -0.15) is 0 Å². The number of hydrogen-bond acceptors (Lipinski definition) is 5. The molecule has 122 valence electrons. The summed E-state index contributed by atoms with van der Waals surface area (Å²) in [6.45, 7) is 2.22. The fraction of sp³-hybridized carbons (Fsp3) is 0.158. The van der Waals surface area contributed by atoms with Crippen LogP contribution < -0.4 is 15.1 Å². The lowest BCUT2D eigenvalue weighted by Crippen LogP contribution is -2.12. The van der Waals surface area contributed by atoms with Crippen LogP contribution >= 0.6 is 0 Å². The van der Waals surface area contributed by atoms with Gasteiger partial charge >= 0.3 is 11.6 Å². The van der Waals surface area contributed by atoms with Crippen molar-refractivity contribution >= 4 is 16.9 Å². The molecule has 0 unspecified atom stereocenters. The molecule has 0 saturated heterocycles. The molecule has 0 amide bonds. The van der Waals surface area contributed by atoms with Crippen LogP contribution in [0.25, 0.3) is 11.0 Å². The quantitative estimate of drug-likeness (QED) is 0.408. The second-order valence-electron chi connectivity index (χ2n) is 5.34. The average molecular weight is 324 g/mol.